The van der Waals surface area contributed by atoms with Gasteiger partial charge >= 0.3 is 5.91 Å². The SMILES string of the molecule is COc1ccc2oc(C(=O)NNC(=O)c3ccc(C)s3)c(C)c2c1. The first-order valence-corrected chi connectivity index (χ1v) is 8.05. The predicted octanol–water partition coefficient (Wildman–Crippen LogP) is 3.19. The van der Waals surface area contributed by atoms with Crippen LogP contribution in [0.15, 0.2) is 34.7 Å². The third kappa shape index (κ3) is 2.98. The number of aryl methyl sites for hydroxylation is 2. The van der Waals surface area contributed by atoms with Crippen LogP contribution in [-0.4, -0.2) is 18.9 Å². The molecule has 2 heterocycles. The Bertz CT molecular complexity index is 926. The Morgan fingerprint density at radius 2 is 1.83 bits per heavy atom. The normalized spacial score (nSPS) is 10.6. The molecule has 0 saturated heterocycles. The summed E-state index contributed by atoms with van der Waals surface area (Å²) in [5, 5.41) is 0.791. The molecule has 1 aromatic carbocycles. The summed E-state index contributed by atoms with van der Waals surface area (Å²) >= 11 is 1.35. The highest BCUT2D eigenvalue weighted by atomic mass is 32.1. The lowest BCUT2D eigenvalue weighted by Crippen LogP contribution is -2.41. The number of thiophene rings is 1. The summed E-state index contributed by atoms with van der Waals surface area (Å²) in [6, 6.07) is 8.86. The lowest BCUT2D eigenvalue weighted by Gasteiger charge is -2.04. The number of carbonyl (C=O) groups is 2. The predicted molar refractivity (Wildman–Crippen MR) is 91.5 cm³/mol. The van der Waals surface area contributed by atoms with Gasteiger partial charge in [-0.25, -0.2) is 0 Å². The van der Waals surface area contributed by atoms with E-state index in [9.17, 15) is 9.59 Å². The third-order valence-electron chi connectivity index (χ3n) is 3.60. The van der Waals surface area contributed by atoms with Crippen molar-refractivity contribution in [3.05, 3.63) is 51.4 Å². The van der Waals surface area contributed by atoms with Crippen LogP contribution in [0, 0.1) is 13.8 Å². The van der Waals surface area contributed by atoms with Crippen molar-refractivity contribution in [2.45, 2.75) is 13.8 Å². The standard InChI is InChI=1S/C17H16N2O4S/c1-9-4-7-14(24-9)16(20)18-19-17(21)15-10(2)12-8-11(22-3)5-6-13(12)23-15/h4-8H,1-3H3,(H,18,20)(H,19,21). The first kappa shape index (κ1) is 16.1. The number of methoxy groups -OCH3 is 1. The van der Waals surface area contributed by atoms with E-state index < -0.39 is 5.91 Å². The molecule has 0 unspecified atom stereocenters. The van der Waals surface area contributed by atoms with Crippen LogP contribution < -0.4 is 15.6 Å². The Morgan fingerprint density at radius 3 is 2.50 bits per heavy atom. The van der Waals surface area contributed by atoms with Crippen molar-refractivity contribution in [3.63, 3.8) is 0 Å². The molecule has 0 radical (unpaired) electrons. The number of fused-ring (bicyclic) bond motifs is 1. The Kier molecular flexibility index (Phi) is 4.26. The molecule has 2 aromatic heterocycles. The summed E-state index contributed by atoms with van der Waals surface area (Å²) in [5.74, 6) is -0.0400. The summed E-state index contributed by atoms with van der Waals surface area (Å²) in [6.07, 6.45) is 0. The summed E-state index contributed by atoms with van der Waals surface area (Å²) in [5.41, 5.74) is 6.04. The minimum Gasteiger partial charge on any atom is -0.497 e. The van der Waals surface area contributed by atoms with Crippen molar-refractivity contribution in [3.8, 4) is 5.75 Å². The van der Waals surface area contributed by atoms with Gasteiger partial charge in [0, 0.05) is 15.8 Å². The smallest absolute Gasteiger partial charge is 0.305 e. The van der Waals surface area contributed by atoms with Gasteiger partial charge in [0.25, 0.3) is 5.91 Å². The molecule has 0 spiro atoms. The van der Waals surface area contributed by atoms with E-state index in [0.717, 1.165) is 10.3 Å². The van der Waals surface area contributed by atoms with Crippen LogP contribution in [0.25, 0.3) is 11.0 Å². The van der Waals surface area contributed by atoms with Gasteiger partial charge in [-0.05, 0) is 44.2 Å². The molecule has 6 nitrogen and oxygen atoms in total. The van der Waals surface area contributed by atoms with E-state index in [4.69, 9.17) is 9.15 Å². The van der Waals surface area contributed by atoms with Gasteiger partial charge in [-0.3, -0.25) is 20.4 Å². The van der Waals surface area contributed by atoms with Crippen molar-refractivity contribution in [1.82, 2.24) is 10.9 Å². The van der Waals surface area contributed by atoms with Gasteiger partial charge in [0.05, 0.1) is 12.0 Å². The molecule has 0 atom stereocenters. The largest absolute Gasteiger partial charge is 0.497 e. The van der Waals surface area contributed by atoms with Gasteiger partial charge in [0.1, 0.15) is 11.3 Å². The van der Waals surface area contributed by atoms with E-state index in [1.165, 1.54) is 11.3 Å². The third-order valence-corrected chi connectivity index (χ3v) is 4.60. The highest BCUT2D eigenvalue weighted by Gasteiger charge is 2.19. The Balaban J connectivity index is 1.76. The van der Waals surface area contributed by atoms with E-state index >= 15 is 0 Å². The maximum Gasteiger partial charge on any atom is 0.305 e. The number of rotatable bonds is 3. The van der Waals surface area contributed by atoms with Crippen LogP contribution in [0.5, 0.6) is 5.75 Å². The first-order valence-electron chi connectivity index (χ1n) is 7.24. The first-order chi connectivity index (χ1) is 11.5. The molecular weight excluding hydrogens is 328 g/mol. The Morgan fingerprint density at radius 1 is 1.08 bits per heavy atom. The second-order valence-corrected chi connectivity index (χ2v) is 6.52. The molecule has 2 amide bonds. The number of ether oxygens (including phenoxy) is 1. The fourth-order valence-electron chi connectivity index (χ4n) is 2.33. The molecule has 0 saturated carbocycles. The van der Waals surface area contributed by atoms with E-state index in [2.05, 4.69) is 10.9 Å². The second-order valence-electron chi connectivity index (χ2n) is 5.24. The van der Waals surface area contributed by atoms with Crippen LogP contribution in [0.4, 0.5) is 0 Å². The minimum absolute atomic E-state index is 0.154. The number of amides is 2. The number of nitrogens with one attached hydrogen (secondary N) is 2. The average molecular weight is 344 g/mol. The zero-order valence-corrected chi connectivity index (χ0v) is 14.2. The summed E-state index contributed by atoms with van der Waals surface area (Å²) in [7, 11) is 1.58. The Labute approximate surface area is 142 Å². The van der Waals surface area contributed by atoms with E-state index in [1.54, 1.807) is 38.3 Å². The van der Waals surface area contributed by atoms with Gasteiger partial charge in [-0.1, -0.05) is 0 Å². The molecule has 3 aromatic rings. The summed E-state index contributed by atoms with van der Waals surface area (Å²) in [4.78, 5) is 25.8. The van der Waals surface area contributed by atoms with E-state index in [-0.39, 0.29) is 11.7 Å². The fraction of sp³-hybridized carbons (Fsp3) is 0.176. The molecule has 0 aliphatic heterocycles. The van der Waals surface area contributed by atoms with Gasteiger partial charge in [0.2, 0.25) is 0 Å². The molecule has 24 heavy (non-hydrogen) atoms. The minimum atomic E-state index is -0.510. The van der Waals surface area contributed by atoms with Crippen molar-refractivity contribution >= 4 is 34.1 Å². The second kappa shape index (κ2) is 6.37. The van der Waals surface area contributed by atoms with Gasteiger partial charge in [-0.2, -0.15) is 0 Å². The van der Waals surface area contributed by atoms with Crippen molar-refractivity contribution in [2.75, 3.05) is 7.11 Å². The molecule has 0 bridgehead atoms. The fourth-order valence-corrected chi connectivity index (χ4v) is 3.09. The molecule has 2 N–H and O–H groups in total. The maximum atomic E-state index is 12.3. The molecule has 0 fully saturated rings. The van der Waals surface area contributed by atoms with Gasteiger partial charge in [0.15, 0.2) is 5.76 Å². The van der Waals surface area contributed by atoms with Crippen LogP contribution >= 0.6 is 11.3 Å². The molecular formula is C17H16N2O4S. The van der Waals surface area contributed by atoms with E-state index in [1.807, 2.05) is 13.0 Å². The zero-order valence-electron chi connectivity index (χ0n) is 13.4. The number of carbonyl (C=O) groups excluding carboxylic acids is 2. The van der Waals surface area contributed by atoms with Crippen molar-refractivity contribution < 1.29 is 18.7 Å². The number of hydrogen-bond donors (Lipinski definition) is 2. The van der Waals surface area contributed by atoms with Crippen molar-refractivity contribution in [2.24, 2.45) is 0 Å². The van der Waals surface area contributed by atoms with Gasteiger partial charge in [-0.15, -0.1) is 11.3 Å². The topological polar surface area (TPSA) is 80.6 Å². The number of hydrazine groups is 1. The average Bonchev–Trinajstić information content (AvgIpc) is 3.16. The summed E-state index contributed by atoms with van der Waals surface area (Å²) < 4.78 is 10.8. The molecule has 3 rings (SSSR count). The van der Waals surface area contributed by atoms with E-state index in [0.29, 0.717) is 21.8 Å². The number of furan rings is 1. The van der Waals surface area contributed by atoms with Crippen LogP contribution in [0.3, 0.4) is 0 Å². The van der Waals surface area contributed by atoms with Gasteiger partial charge < -0.3 is 9.15 Å². The zero-order chi connectivity index (χ0) is 17.3. The molecule has 0 aliphatic carbocycles. The lowest BCUT2D eigenvalue weighted by molar-refractivity contribution is 0.0833. The monoisotopic (exact) mass is 344 g/mol. The molecule has 0 aliphatic rings. The highest BCUT2D eigenvalue weighted by molar-refractivity contribution is 7.13. The van der Waals surface area contributed by atoms with Crippen LogP contribution in [0.2, 0.25) is 0 Å². The molecule has 7 heteroatoms. The highest BCUT2D eigenvalue weighted by Crippen LogP contribution is 2.28. The van der Waals surface area contributed by atoms with Crippen molar-refractivity contribution in [1.29, 1.82) is 0 Å². The Hall–Kier alpha value is -2.80. The van der Waals surface area contributed by atoms with Crippen LogP contribution in [-0.2, 0) is 0 Å². The quantitative estimate of drug-likeness (QED) is 0.715. The molecule has 124 valence electrons. The number of hydrogen-bond acceptors (Lipinski definition) is 5. The summed E-state index contributed by atoms with van der Waals surface area (Å²) in [6.45, 7) is 3.69. The maximum absolute atomic E-state index is 12.3. The van der Waals surface area contributed by atoms with Crippen LogP contribution in [0.1, 0.15) is 30.7 Å². The number of benzene rings is 1. The lowest BCUT2D eigenvalue weighted by atomic mass is 10.1.